The fourth-order valence-electron chi connectivity index (χ4n) is 3.70. The lowest BCUT2D eigenvalue weighted by molar-refractivity contribution is -0.142. The van der Waals surface area contributed by atoms with Gasteiger partial charge >= 0.3 is 0 Å². The van der Waals surface area contributed by atoms with Crippen LogP contribution in [0.4, 0.5) is 4.39 Å². The molecule has 1 N–H and O–H groups in total. The Morgan fingerprint density at radius 2 is 1.74 bits per heavy atom. The molecule has 0 radical (unpaired) electrons. The minimum Gasteiger partial charge on any atom is -0.484 e. The highest BCUT2D eigenvalue weighted by Crippen LogP contribution is 2.19. The van der Waals surface area contributed by atoms with Crippen molar-refractivity contribution in [3.63, 3.8) is 0 Å². The van der Waals surface area contributed by atoms with Crippen LogP contribution in [-0.2, 0) is 16.1 Å². The molecular weight excluding hydrogens is 419 g/mol. The standard InChI is InChI=1S/C24H28ClFN2O3/c1-17(24(30)27-21-5-3-2-4-6-21)28(15-18-7-11-20(26)12-8-18)23(29)16-31-22-13-9-19(25)10-14-22/h7-14,17,21H,2-6,15-16H2,1H3,(H,27,30). The van der Waals surface area contributed by atoms with Gasteiger partial charge in [0.25, 0.3) is 5.91 Å². The Bertz CT molecular complexity index is 867. The molecule has 0 aromatic heterocycles. The van der Waals surface area contributed by atoms with E-state index in [0.717, 1.165) is 31.2 Å². The zero-order valence-electron chi connectivity index (χ0n) is 17.7. The van der Waals surface area contributed by atoms with Crippen LogP contribution in [0.25, 0.3) is 0 Å². The lowest BCUT2D eigenvalue weighted by atomic mass is 9.95. The molecule has 0 bridgehead atoms. The summed E-state index contributed by atoms with van der Waals surface area (Å²) in [6.45, 7) is 1.67. The first-order chi connectivity index (χ1) is 14.9. The van der Waals surface area contributed by atoms with E-state index < -0.39 is 6.04 Å². The van der Waals surface area contributed by atoms with E-state index in [1.807, 2.05) is 0 Å². The van der Waals surface area contributed by atoms with Gasteiger partial charge in [0.1, 0.15) is 17.6 Å². The van der Waals surface area contributed by atoms with Gasteiger partial charge in [-0.15, -0.1) is 0 Å². The Morgan fingerprint density at radius 1 is 1.10 bits per heavy atom. The quantitative estimate of drug-likeness (QED) is 0.638. The van der Waals surface area contributed by atoms with E-state index in [4.69, 9.17) is 16.3 Å². The van der Waals surface area contributed by atoms with Crippen molar-refractivity contribution in [1.82, 2.24) is 10.2 Å². The van der Waals surface area contributed by atoms with Gasteiger partial charge in [0.05, 0.1) is 0 Å². The molecule has 0 saturated heterocycles. The number of benzene rings is 2. The van der Waals surface area contributed by atoms with Gasteiger partial charge in [-0.1, -0.05) is 43.0 Å². The number of hydrogen-bond acceptors (Lipinski definition) is 3. The zero-order valence-corrected chi connectivity index (χ0v) is 18.4. The van der Waals surface area contributed by atoms with Gasteiger partial charge in [-0.3, -0.25) is 9.59 Å². The van der Waals surface area contributed by atoms with Gasteiger partial charge in [0.2, 0.25) is 5.91 Å². The number of carbonyl (C=O) groups is 2. The molecule has 1 aliphatic rings. The molecule has 166 valence electrons. The highest BCUT2D eigenvalue weighted by atomic mass is 35.5. The molecule has 1 fully saturated rings. The maximum atomic E-state index is 13.3. The van der Waals surface area contributed by atoms with Gasteiger partial charge in [0, 0.05) is 17.6 Å². The summed E-state index contributed by atoms with van der Waals surface area (Å²) in [6, 6.07) is 12.1. The molecular formula is C24H28ClFN2O3. The zero-order chi connectivity index (χ0) is 22.2. The highest BCUT2D eigenvalue weighted by molar-refractivity contribution is 6.30. The number of hydrogen-bond donors (Lipinski definition) is 1. The van der Waals surface area contributed by atoms with E-state index in [9.17, 15) is 14.0 Å². The summed E-state index contributed by atoms with van der Waals surface area (Å²) in [7, 11) is 0. The molecule has 0 spiro atoms. The lowest BCUT2D eigenvalue weighted by Gasteiger charge is -2.31. The van der Waals surface area contributed by atoms with Gasteiger partial charge in [0.15, 0.2) is 6.61 Å². The minimum atomic E-state index is -0.687. The van der Waals surface area contributed by atoms with E-state index in [1.54, 1.807) is 43.3 Å². The summed E-state index contributed by atoms with van der Waals surface area (Å²) < 4.78 is 18.9. The van der Waals surface area contributed by atoms with Crippen LogP contribution >= 0.6 is 11.6 Å². The number of halogens is 2. The third-order valence-electron chi connectivity index (χ3n) is 5.56. The Kier molecular flexibility index (Phi) is 8.29. The molecule has 7 heteroatoms. The fraction of sp³-hybridized carbons (Fsp3) is 0.417. The highest BCUT2D eigenvalue weighted by Gasteiger charge is 2.28. The SMILES string of the molecule is CC(C(=O)NC1CCCCC1)N(Cc1ccc(F)cc1)C(=O)COc1ccc(Cl)cc1. The molecule has 2 aromatic rings. The van der Waals surface area contributed by atoms with Gasteiger partial charge in [-0.2, -0.15) is 0 Å². The summed E-state index contributed by atoms with van der Waals surface area (Å²) in [6.07, 6.45) is 5.33. The maximum Gasteiger partial charge on any atom is 0.261 e. The second-order valence-electron chi connectivity index (χ2n) is 7.91. The van der Waals surface area contributed by atoms with Crippen molar-refractivity contribution in [2.75, 3.05) is 6.61 Å². The summed E-state index contributed by atoms with van der Waals surface area (Å²) in [5.74, 6) is -0.353. The molecule has 3 rings (SSSR count). The Labute approximate surface area is 187 Å². The number of rotatable bonds is 8. The van der Waals surface area contributed by atoms with E-state index in [-0.39, 0.29) is 36.8 Å². The van der Waals surface area contributed by atoms with Crippen molar-refractivity contribution in [1.29, 1.82) is 0 Å². The van der Waals surface area contributed by atoms with Gasteiger partial charge in [-0.05, 0) is 61.7 Å². The summed E-state index contributed by atoms with van der Waals surface area (Å²) in [4.78, 5) is 27.4. The van der Waals surface area contributed by atoms with Crippen molar-refractivity contribution in [2.45, 2.75) is 57.7 Å². The van der Waals surface area contributed by atoms with Crippen LogP contribution in [0.5, 0.6) is 5.75 Å². The summed E-state index contributed by atoms with van der Waals surface area (Å²) in [5.41, 5.74) is 0.735. The second-order valence-corrected chi connectivity index (χ2v) is 8.35. The Hall–Kier alpha value is -2.60. The second kappa shape index (κ2) is 11.1. The van der Waals surface area contributed by atoms with E-state index in [2.05, 4.69) is 5.32 Å². The topological polar surface area (TPSA) is 58.6 Å². The van der Waals surface area contributed by atoms with Crippen LogP contribution < -0.4 is 10.1 Å². The molecule has 5 nitrogen and oxygen atoms in total. The molecule has 2 amide bonds. The Balaban J connectivity index is 1.69. The van der Waals surface area contributed by atoms with Crippen molar-refractivity contribution in [3.8, 4) is 5.75 Å². The van der Waals surface area contributed by atoms with Crippen LogP contribution in [0.15, 0.2) is 48.5 Å². The number of nitrogens with zero attached hydrogens (tertiary/aromatic N) is 1. The van der Waals surface area contributed by atoms with Crippen molar-refractivity contribution < 1.29 is 18.7 Å². The van der Waals surface area contributed by atoms with E-state index in [0.29, 0.717) is 10.8 Å². The molecule has 1 atom stereocenters. The van der Waals surface area contributed by atoms with Gasteiger partial charge in [-0.25, -0.2) is 4.39 Å². The first kappa shape index (κ1) is 23.1. The average molecular weight is 447 g/mol. The van der Waals surface area contributed by atoms with Crippen LogP contribution in [0.3, 0.4) is 0 Å². The number of carbonyl (C=O) groups excluding carboxylic acids is 2. The number of ether oxygens (including phenoxy) is 1. The van der Waals surface area contributed by atoms with Crippen molar-refractivity contribution in [3.05, 3.63) is 64.9 Å². The third kappa shape index (κ3) is 6.96. The molecule has 1 aliphatic carbocycles. The molecule has 1 saturated carbocycles. The Morgan fingerprint density at radius 3 is 2.39 bits per heavy atom. The summed E-state index contributed by atoms with van der Waals surface area (Å²) >= 11 is 5.88. The van der Waals surface area contributed by atoms with Crippen LogP contribution in [0.2, 0.25) is 5.02 Å². The number of nitrogens with one attached hydrogen (secondary N) is 1. The predicted octanol–water partition coefficient (Wildman–Crippen LogP) is 4.72. The van der Waals surface area contributed by atoms with Crippen LogP contribution in [0.1, 0.15) is 44.6 Å². The first-order valence-corrected chi connectivity index (χ1v) is 11.0. The van der Waals surface area contributed by atoms with Gasteiger partial charge < -0.3 is 15.0 Å². The molecule has 0 heterocycles. The normalized spacial score (nSPS) is 15.2. The fourth-order valence-corrected chi connectivity index (χ4v) is 3.82. The molecule has 1 unspecified atom stereocenters. The minimum absolute atomic E-state index is 0.150. The van der Waals surface area contributed by atoms with Crippen LogP contribution in [-0.4, -0.2) is 35.4 Å². The largest absolute Gasteiger partial charge is 0.484 e. The maximum absolute atomic E-state index is 13.3. The van der Waals surface area contributed by atoms with Crippen molar-refractivity contribution >= 4 is 23.4 Å². The molecule has 31 heavy (non-hydrogen) atoms. The predicted molar refractivity (Wildman–Crippen MR) is 118 cm³/mol. The van der Waals surface area contributed by atoms with Crippen LogP contribution in [0, 0.1) is 5.82 Å². The summed E-state index contributed by atoms with van der Waals surface area (Å²) in [5, 5.41) is 3.65. The smallest absolute Gasteiger partial charge is 0.261 e. The van der Waals surface area contributed by atoms with E-state index in [1.165, 1.54) is 23.5 Å². The molecule has 2 aromatic carbocycles. The monoisotopic (exact) mass is 446 g/mol. The van der Waals surface area contributed by atoms with E-state index >= 15 is 0 Å². The van der Waals surface area contributed by atoms with Crippen molar-refractivity contribution in [2.24, 2.45) is 0 Å². The third-order valence-corrected chi connectivity index (χ3v) is 5.81. The molecule has 0 aliphatic heterocycles. The number of amides is 2. The first-order valence-electron chi connectivity index (χ1n) is 10.6. The average Bonchev–Trinajstić information content (AvgIpc) is 2.78. The lowest BCUT2D eigenvalue weighted by Crippen LogP contribution is -2.51.